The summed E-state index contributed by atoms with van der Waals surface area (Å²) < 4.78 is 4.94. The van der Waals surface area contributed by atoms with Crippen molar-refractivity contribution in [2.24, 2.45) is 0 Å². The lowest BCUT2D eigenvalue weighted by atomic mass is 9.90. The van der Waals surface area contributed by atoms with Crippen LogP contribution in [-0.2, 0) is 4.74 Å². The number of aryl methyl sites for hydroxylation is 2. The van der Waals surface area contributed by atoms with Gasteiger partial charge in [0.1, 0.15) is 0 Å². The minimum absolute atomic E-state index is 0.0885. The van der Waals surface area contributed by atoms with E-state index in [1.54, 1.807) is 4.90 Å². The molecule has 0 aliphatic carbocycles. The summed E-state index contributed by atoms with van der Waals surface area (Å²) in [5.74, 6) is 0. The van der Waals surface area contributed by atoms with Crippen LogP contribution in [0.15, 0.2) is 6.07 Å². The first-order valence-corrected chi connectivity index (χ1v) is 6.88. The Morgan fingerprint density at radius 3 is 2.65 bits per heavy atom. The van der Waals surface area contributed by atoms with Crippen molar-refractivity contribution in [2.45, 2.75) is 39.3 Å². The second kappa shape index (κ2) is 5.40. The van der Waals surface area contributed by atoms with Crippen molar-refractivity contribution >= 4 is 11.8 Å². The fourth-order valence-corrected chi connectivity index (χ4v) is 3.05. The molecule has 1 aliphatic heterocycles. The Bertz CT molecular complexity index is 528. The van der Waals surface area contributed by atoms with Crippen LogP contribution in [0, 0.1) is 13.8 Å². The molecule has 0 bridgehead atoms. The Balaban J connectivity index is 2.63. The number of methoxy groups -OCH3 is 1. The van der Waals surface area contributed by atoms with Gasteiger partial charge in [0.25, 0.3) is 0 Å². The van der Waals surface area contributed by atoms with Gasteiger partial charge in [-0.25, -0.2) is 4.79 Å². The van der Waals surface area contributed by atoms with Crippen LogP contribution in [0.2, 0.25) is 0 Å². The van der Waals surface area contributed by atoms with Gasteiger partial charge in [0.15, 0.2) is 0 Å². The van der Waals surface area contributed by atoms with Crippen LogP contribution in [0.1, 0.15) is 36.3 Å². The summed E-state index contributed by atoms with van der Waals surface area (Å²) in [6.45, 7) is 5.99. The van der Waals surface area contributed by atoms with E-state index >= 15 is 0 Å². The zero-order valence-electron chi connectivity index (χ0n) is 13.1. The molecular formula is C15H23N3O2. The third-order valence-corrected chi connectivity index (χ3v) is 3.92. The average Bonchev–Trinajstić information content (AvgIpc) is 2.37. The van der Waals surface area contributed by atoms with E-state index in [9.17, 15) is 4.79 Å². The summed E-state index contributed by atoms with van der Waals surface area (Å²) in [7, 11) is 5.56. The fraction of sp³-hybridized carbons (Fsp3) is 0.600. The van der Waals surface area contributed by atoms with Gasteiger partial charge in [0, 0.05) is 17.8 Å². The van der Waals surface area contributed by atoms with Crippen molar-refractivity contribution in [2.75, 3.05) is 26.1 Å². The van der Waals surface area contributed by atoms with E-state index in [1.165, 1.54) is 7.11 Å². The third-order valence-electron chi connectivity index (χ3n) is 3.92. The maximum absolute atomic E-state index is 12.1. The highest BCUT2D eigenvalue weighted by Gasteiger charge is 2.36. The molecule has 0 saturated carbocycles. The molecule has 20 heavy (non-hydrogen) atoms. The van der Waals surface area contributed by atoms with Crippen LogP contribution in [-0.4, -0.2) is 43.2 Å². The molecule has 0 aromatic carbocycles. The highest BCUT2D eigenvalue weighted by Crippen LogP contribution is 2.41. The number of hydrogen-bond donors (Lipinski definition) is 0. The lowest BCUT2D eigenvalue weighted by Gasteiger charge is -2.41. The van der Waals surface area contributed by atoms with Gasteiger partial charge in [0.2, 0.25) is 0 Å². The largest absolute Gasteiger partial charge is 0.452 e. The van der Waals surface area contributed by atoms with Crippen molar-refractivity contribution in [1.29, 1.82) is 0 Å². The lowest BCUT2D eigenvalue weighted by molar-refractivity contribution is 0.171. The molecule has 2 rings (SSSR count). The van der Waals surface area contributed by atoms with Gasteiger partial charge in [-0.1, -0.05) is 0 Å². The van der Waals surface area contributed by atoms with E-state index in [2.05, 4.69) is 37.0 Å². The number of fused-ring (bicyclic) bond motifs is 1. The number of aromatic nitrogens is 1. The lowest BCUT2D eigenvalue weighted by Crippen LogP contribution is -2.46. The highest BCUT2D eigenvalue weighted by molar-refractivity contribution is 5.91. The predicted molar refractivity (Wildman–Crippen MR) is 79.1 cm³/mol. The molecule has 2 unspecified atom stereocenters. The number of rotatable bonds is 1. The van der Waals surface area contributed by atoms with Crippen molar-refractivity contribution in [3.05, 3.63) is 23.0 Å². The number of amides is 1. The maximum atomic E-state index is 12.1. The Morgan fingerprint density at radius 2 is 2.10 bits per heavy atom. The van der Waals surface area contributed by atoms with Crippen LogP contribution < -0.4 is 4.90 Å². The Kier molecular flexibility index (Phi) is 3.99. The smallest absolute Gasteiger partial charge is 0.414 e. The summed E-state index contributed by atoms with van der Waals surface area (Å²) in [5, 5.41) is 0. The molecule has 0 saturated heterocycles. The SMILES string of the molecule is COC(=O)N1c2c(cc(C)nc2C)C(N(C)C)CC1C. The van der Waals surface area contributed by atoms with Gasteiger partial charge in [-0.05, 0) is 52.9 Å². The normalized spacial score (nSPS) is 21.9. The fourth-order valence-electron chi connectivity index (χ4n) is 3.05. The molecule has 0 radical (unpaired) electrons. The molecule has 1 aromatic heterocycles. The topological polar surface area (TPSA) is 45.7 Å². The number of ether oxygens (including phenoxy) is 1. The monoisotopic (exact) mass is 277 g/mol. The highest BCUT2D eigenvalue weighted by atomic mass is 16.5. The first kappa shape index (κ1) is 14.8. The Hall–Kier alpha value is -1.62. The summed E-state index contributed by atoms with van der Waals surface area (Å²) in [5.41, 5.74) is 3.92. The molecule has 0 N–H and O–H groups in total. The second-order valence-electron chi connectivity index (χ2n) is 5.69. The number of hydrogen-bond acceptors (Lipinski definition) is 4. The quantitative estimate of drug-likeness (QED) is 0.791. The molecule has 0 fully saturated rings. The van der Waals surface area contributed by atoms with Gasteiger partial charge < -0.3 is 9.64 Å². The first-order chi connectivity index (χ1) is 9.36. The molecule has 1 aromatic rings. The van der Waals surface area contributed by atoms with E-state index in [4.69, 9.17) is 4.74 Å². The molecule has 5 nitrogen and oxygen atoms in total. The summed E-state index contributed by atoms with van der Waals surface area (Å²) in [6.07, 6.45) is 0.572. The van der Waals surface area contributed by atoms with Crippen LogP contribution >= 0.6 is 0 Å². The zero-order valence-corrected chi connectivity index (χ0v) is 13.1. The summed E-state index contributed by atoms with van der Waals surface area (Å²) in [6, 6.07) is 2.46. The van der Waals surface area contributed by atoms with Gasteiger partial charge in [-0.2, -0.15) is 0 Å². The first-order valence-electron chi connectivity index (χ1n) is 6.88. The number of carbonyl (C=O) groups excluding carboxylic acids is 1. The molecule has 1 amide bonds. The van der Waals surface area contributed by atoms with E-state index in [1.807, 2.05) is 13.8 Å². The van der Waals surface area contributed by atoms with Crippen molar-refractivity contribution in [3.63, 3.8) is 0 Å². The third kappa shape index (κ3) is 2.38. The van der Waals surface area contributed by atoms with Crippen LogP contribution in [0.3, 0.4) is 0 Å². The summed E-state index contributed by atoms with van der Waals surface area (Å²) in [4.78, 5) is 20.6. The Morgan fingerprint density at radius 1 is 1.45 bits per heavy atom. The number of pyridine rings is 1. The number of anilines is 1. The van der Waals surface area contributed by atoms with Gasteiger partial charge in [-0.3, -0.25) is 9.88 Å². The van der Waals surface area contributed by atoms with Crippen molar-refractivity contribution < 1.29 is 9.53 Å². The van der Waals surface area contributed by atoms with Crippen molar-refractivity contribution in [3.8, 4) is 0 Å². The van der Waals surface area contributed by atoms with Gasteiger partial charge in [0.05, 0.1) is 18.5 Å². The average molecular weight is 277 g/mol. The van der Waals surface area contributed by atoms with E-state index in [0.29, 0.717) is 6.04 Å². The molecule has 0 spiro atoms. The maximum Gasteiger partial charge on any atom is 0.414 e. The molecule has 2 atom stereocenters. The predicted octanol–water partition coefficient (Wildman–Crippen LogP) is 2.67. The number of nitrogens with zero attached hydrogens (tertiary/aromatic N) is 3. The molecule has 5 heteroatoms. The minimum Gasteiger partial charge on any atom is -0.452 e. The summed E-state index contributed by atoms with van der Waals surface area (Å²) >= 11 is 0. The molecule has 2 heterocycles. The zero-order chi connectivity index (χ0) is 15.0. The minimum atomic E-state index is -0.315. The van der Waals surface area contributed by atoms with Crippen LogP contribution in [0.25, 0.3) is 0 Å². The van der Waals surface area contributed by atoms with Crippen LogP contribution in [0.5, 0.6) is 0 Å². The molecule has 1 aliphatic rings. The van der Waals surface area contributed by atoms with E-state index in [-0.39, 0.29) is 12.1 Å². The Labute approximate surface area is 120 Å². The van der Waals surface area contributed by atoms with E-state index in [0.717, 1.165) is 29.1 Å². The van der Waals surface area contributed by atoms with E-state index < -0.39 is 0 Å². The molecular weight excluding hydrogens is 254 g/mol. The standard InChI is InChI=1S/C15H23N3O2/c1-9-7-12-13(17(4)5)8-10(2)18(15(19)20-6)14(12)11(3)16-9/h7,10,13H,8H2,1-6H3. The van der Waals surface area contributed by atoms with Gasteiger partial charge >= 0.3 is 6.09 Å². The van der Waals surface area contributed by atoms with Crippen LogP contribution in [0.4, 0.5) is 10.5 Å². The van der Waals surface area contributed by atoms with Crippen molar-refractivity contribution in [1.82, 2.24) is 9.88 Å². The molecule has 110 valence electrons. The second-order valence-corrected chi connectivity index (χ2v) is 5.69. The number of carbonyl (C=O) groups is 1. The van der Waals surface area contributed by atoms with Gasteiger partial charge in [-0.15, -0.1) is 0 Å².